The first-order valence-corrected chi connectivity index (χ1v) is 20.7. The van der Waals surface area contributed by atoms with E-state index >= 15 is 0 Å². The minimum Gasteiger partial charge on any atom is -0.490 e. The van der Waals surface area contributed by atoms with E-state index < -0.39 is 10.0 Å². The highest BCUT2D eigenvalue weighted by molar-refractivity contribution is 7.89. The van der Waals surface area contributed by atoms with E-state index in [9.17, 15) is 8.42 Å². The van der Waals surface area contributed by atoms with Crippen molar-refractivity contribution in [3.8, 4) is 11.5 Å². The van der Waals surface area contributed by atoms with Crippen molar-refractivity contribution in [3.05, 3.63) is 128 Å². The molecule has 0 spiro atoms. The molecule has 0 radical (unpaired) electrons. The van der Waals surface area contributed by atoms with E-state index in [2.05, 4.69) is 5.32 Å². The minimum atomic E-state index is -3.89. The fourth-order valence-corrected chi connectivity index (χ4v) is 7.91. The normalized spacial score (nSPS) is 11.3. The Balaban J connectivity index is 0.00000360. The maximum atomic E-state index is 14.1. The number of nitrogens with zero attached hydrogens (tertiary/aromatic N) is 4. The van der Waals surface area contributed by atoms with Crippen molar-refractivity contribution in [1.82, 2.24) is 14.4 Å². The van der Waals surface area contributed by atoms with Crippen molar-refractivity contribution < 1.29 is 17.9 Å². The predicted octanol–water partition coefficient (Wildman–Crippen LogP) is 10.5. The molecule has 0 amide bonds. The molecule has 0 aliphatic rings. The summed E-state index contributed by atoms with van der Waals surface area (Å²) in [5.41, 5.74) is 11.6. The first-order valence-electron chi connectivity index (χ1n) is 17.5. The number of hydrogen-bond acceptors (Lipinski definition) is 9. The van der Waals surface area contributed by atoms with E-state index in [1.165, 1.54) is 4.41 Å². The molecule has 0 atom stereocenters. The molecule has 0 fully saturated rings. The van der Waals surface area contributed by atoms with Gasteiger partial charge in [0.2, 0.25) is 10.0 Å². The second kappa shape index (κ2) is 20.5. The molecular formula is C40H42Cl6N6O4S. The minimum absolute atomic E-state index is 0. The van der Waals surface area contributed by atoms with E-state index in [4.69, 9.17) is 71.6 Å². The first-order chi connectivity index (χ1) is 26.4. The lowest BCUT2D eigenvalue weighted by Gasteiger charge is -2.36. The highest BCUT2D eigenvalue weighted by atomic mass is 35.5. The molecule has 0 bridgehead atoms. The Morgan fingerprint density at radius 2 is 1.28 bits per heavy atom. The average molecular weight is 916 g/mol. The van der Waals surface area contributed by atoms with Gasteiger partial charge in [0.15, 0.2) is 0 Å². The van der Waals surface area contributed by atoms with Crippen LogP contribution in [-0.4, -0.2) is 54.9 Å². The van der Waals surface area contributed by atoms with Crippen LogP contribution in [0.5, 0.6) is 11.5 Å². The fraction of sp³-hybridized carbons (Fsp3) is 0.250. The van der Waals surface area contributed by atoms with Crippen LogP contribution in [0, 0.1) is 13.8 Å². The molecule has 57 heavy (non-hydrogen) atoms. The Hall–Kier alpha value is -3.49. The lowest BCUT2D eigenvalue weighted by Crippen LogP contribution is -2.49. The predicted molar refractivity (Wildman–Crippen MR) is 240 cm³/mol. The van der Waals surface area contributed by atoms with Crippen LogP contribution in [0.4, 0.5) is 11.4 Å². The quantitative estimate of drug-likeness (QED) is 0.0914. The van der Waals surface area contributed by atoms with E-state index in [0.717, 1.165) is 27.9 Å². The SMILES string of the molecule is CCS(=O)(=O)N(CCOc1cccc2c(NCc3ccc(Cl)c(Cl)c3)cc(C)nc12)N(Cc1ccc(Cl)c(Cl)c1)c1cc(C)nc2c(OCCN)cccc12.Cl.Cl. The van der Waals surface area contributed by atoms with Gasteiger partial charge < -0.3 is 20.5 Å². The number of pyridine rings is 2. The van der Waals surface area contributed by atoms with Crippen molar-refractivity contribution in [3.63, 3.8) is 0 Å². The molecule has 6 rings (SSSR count). The van der Waals surface area contributed by atoms with Gasteiger partial charge in [-0.25, -0.2) is 18.4 Å². The number of para-hydroxylation sites is 2. The Kier molecular flexibility index (Phi) is 16.6. The fourth-order valence-electron chi connectivity index (χ4n) is 6.18. The molecule has 17 heteroatoms. The molecule has 2 aromatic heterocycles. The molecule has 2 heterocycles. The molecule has 0 saturated carbocycles. The summed E-state index contributed by atoms with van der Waals surface area (Å²) < 4.78 is 41.9. The number of hydrazine groups is 1. The lowest BCUT2D eigenvalue weighted by molar-refractivity contribution is 0.265. The molecule has 304 valence electrons. The highest BCUT2D eigenvalue weighted by Gasteiger charge is 2.30. The standard InChI is InChI=1S/C40H40Cl4N6O4S.2ClH/c1-4-55(51,52)50(16-18-54-37-9-5-7-29-35(19-25(2)47-39(29)37)46-23-27-11-13-31(41)33(43)21-27)49(24-28-12-14-32(42)34(44)22-28)36-20-26(3)48-40-30(36)8-6-10-38(40)53-17-15-45;;/h5-14,19-22H,4,15-18,23-24,45H2,1-3H3,(H,46,47);2*1H. The number of ether oxygens (including phenoxy) is 2. The number of hydrogen-bond donors (Lipinski definition) is 2. The van der Waals surface area contributed by atoms with Crippen molar-refractivity contribution >= 4 is 114 Å². The second-order valence-electron chi connectivity index (χ2n) is 12.7. The number of nitrogens with one attached hydrogen (secondary N) is 1. The number of sulfonamides is 1. The van der Waals surface area contributed by atoms with E-state index in [0.29, 0.717) is 79.1 Å². The van der Waals surface area contributed by atoms with Crippen molar-refractivity contribution in [2.24, 2.45) is 5.73 Å². The number of aromatic nitrogens is 2. The largest absolute Gasteiger partial charge is 0.490 e. The van der Waals surface area contributed by atoms with E-state index in [-0.39, 0.29) is 50.3 Å². The third-order valence-corrected chi connectivity index (χ3v) is 12.0. The summed E-state index contributed by atoms with van der Waals surface area (Å²) in [5.74, 6) is 0.886. The van der Waals surface area contributed by atoms with Gasteiger partial charge in [0.1, 0.15) is 35.7 Å². The maximum absolute atomic E-state index is 14.1. The number of rotatable bonds is 16. The molecule has 0 aliphatic heterocycles. The number of halogens is 6. The van der Waals surface area contributed by atoms with Crippen LogP contribution in [0.15, 0.2) is 84.9 Å². The maximum Gasteiger partial charge on any atom is 0.230 e. The molecule has 4 aromatic carbocycles. The summed E-state index contributed by atoms with van der Waals surface area (Å²) in [4.78, 5) is 9.59. The second-order valence-corrected chi connectivity index (χ2v) is 16.5. The Bertz CT molecular complexity index is 2460. The Morgan fingerprint density at radius 3 is 1.89 bits per heavy atom. The van der Waals surface area contributed by atoms with Crippen LogP contribution in [-0.2, 0) is 23.1 Å². The number of benzene rings is 4. The molecule has 0 saturated heterocycles. The molecule has 6 aromatic rings. The van der Waals surface area contributed by atoms with Gasteiger partial charge in [0.05, 0.1) is 44.6 Å². The van der Waals surface area contributed by atoms with Crippen molar-refractivity contribution in [2.75, 3.05) is 42.4 Å². The average Bonchev–Trinajstić information content (AvgIpc) is 3.16. The van der Waals surface area contributed by atoms with Gasteiger partial charge in [0.25, 0.3) is 0 Å². The Morgan fingerprint density at radius 1 is 0.719 bits per heavy atom. The molecular weight excluding hydrogens is 873 g/mol. The van der Waals surface area contributed by atoms with Gasteiger partial charge in [-0.15, -0.1) is 29.2 Å². The van der Waals surface area contributed by atoms with Crippen LogP contribution < -0.4 is 25.5 Å². The molecule has 10 nitrogen and oxygen atoms in total. The summed E-state index contributed by atoms with van der Waals surface area (Å²) in [6.07, 6.45) is 0. The monoisotopic (exact) mass is 912 g/mol. The van der Waals surface area contributed by atoms with Gasteiger partial charge in [-0.1, -0.05) is 82.8 Å². The molecule has 0 unspecified atom stereocenters. The summed E-state index contributed by atoms with van der Waals surface area (Å²) in [6.45, 7) is 6.59. The van der Waals surface area contributed by atoms with Gasteiger partial charge in [-0.3, -0.25) is 5.01 Å². The van der Waals surface area contributed by atoms with Crippen LogP contribution in [0.3, 0.4) is 0 Å². The summed E-state index contributed by atoms with van der Waals surface area (Å²) in [6, 6.07) is 25.8. The van der Waals surface area contributed by atoms with Gasteiger partial charge in [-0.05, 0) is 80.4 Å². The number of anilines is 2. The van der Waals surface area contributed by atoms with E-state index in [1.807, 2.05) is 80.6 Å². The summed E-state index contributed by atoms with van der Waals surface area (Å²) in [5, 5.41) is 8.46. The molecule has 3 N–H and O–H groups in total. The van der Waals surface area contributed by atoms with Gasteiger partial charge in [-0.2, -0.15) is 0 Å². The summed E-state index contributed by atoms with van der Waals surface area (Å²) >= 11 is 25.1. The third-order valence-electron chi connectivity index (χ3n) is 8.77. The third kappa shape index (κ3) is 11.0. The number of aryl methyl sites for hydroxylation is 2. The smallest absolute Gasteiger partial charge is 0.230 e. The zero-order valence-corrected chi connectivity index (χ0v) is 36.7. The highest BCUT2D eigenvalue weighted by Crippen LogP contribution is 2.36. The van der Waals surface area contributed by atoms with Crippen LogP contribution in [0.2, 0.25) is 20.1 Å². The van der Waals surface area contributed by atoms with Crippen LogP contribution in [0.1, 0.15) is 29.4 Å². The Labute approximate surface area is 365 Å². The van der Waals surface area contributed by atoms with Gasteiger partial charge in [0, 0.05) is 40.9 Å². The zero-order chi connectivity index (χ0) is 39.3. The first kappa shape index (κ1) is 46.2. The van der Waals surface area contributed by atoms with E-state index in [1.54, 1.807) is 30.1 Å². The number of nitrogens with two attached hydrogens (primary N) is 1. The van der Waals surface area contributed by atoms with Crippen LogP contribution >= 0.6 is 71.2 Å². The summed E-state index contributed by atoms with van der Waals surface area (Å²) in [7, 11) is -3.89. The lowest BCUT2D eigenvalue weighted by atomic mass is 10.1. The van der Waals surface area contributed by atoms with Crippen molar-refractivity contribution in [2.45, 2.75) is 33.9 Å². The molecule has 0 aliphatic carbocycles. The zero-order valence-electron chi connectivity index (χ0n) is 31.3. The topological polar surface area (TPSA) is 123 Å². The van der Waals surface area contributed by atoms with Gasteiger partial charge >= 0.3 is 0 Å². The van der Waals surface area contributed by atoms with Crippen LogP contribution in [0.25, 0.3) is 21.8 Å². The van der Waals surface area contributed by atoms with Crippen molar-refractivity contribution in [1.29, 1.82) is 0 Å². The number of fused-ring (bicyclic) bond motifs is 2.